The largest absolute Gasteiger partial charge is 0.303 e. The van der Waals surface area contributed by atoms with Crippen molar-refractivity contribution in [1.82, 2.24) is 0 Å². The summed E-state index contributed by atoms with van der Waals surface area (Å²) in [6.45, 7) is 2.09. The maximum atomic E-state index is 13.0. The minimum Gasteiger partial charge on any atom is -0.303 e. The van der Waals surface area contributed by atoms with Gasteiger partial charge in [-0.2, -0.15) is 0 Å². The third kappa shape index (κ3) is 2.41. The van der Waals surface area contributed by atoms with Crippen molar-refractivity contribution < 1.29 is 4.79 Å². The molecule has 0 aromatic heterocycles. The fourth-order valence-corrected chi connectivity index (χ4v) is 3.55. The van der Waals surface area contributed by atoms with Crippen LogP contribution in [0, 0.1) is 6.92 Å². The number of carbonyl (C=O) groups is 1. The average Bonchev–Trinajstić information content (AvgIpc) is 2.61. The Kier molecular flexibility index (Phi) is 3.66. The van der Waals surface area contributed by atoms with Crippen molar-refractivity contribution in [2.24, 2.45) is 0 Å². The predicted octanol–water partition coefficient (Wildman–Crippen LogP) is 4.87. The van der Waals surface area contributed by atoms with E-state index in [0.29, 0.717) is 0 Å². The highest BCUT2D eigenvalue weighted by molar-refractivity contribution is 6.06. The average molecular weight is 313 g/mol. The topological polar surface area (TPSA) is 20.3 Å². The summed E-state index contributed by atoms with van der Waals surface area (Å²) >= 11 is 0. The zero-order chi connectivity index (χ0) is 16.5. The van der Waals surface area contributed by atoms with Crippen LogP contribution in [-0.4, -0.2) is 5.91 Å². The summed E-state index contributed by atoms with van der Waals surface area (Å²) in [6.07, 6.45) is 0. The number of para-hydroxylation sites is 1. The summed E-state index contributed by atoms with van der Waals surface area (Å²) in [6, 6.07) is 28.5. The highest BCUT2D eigenvalue weighted by Gasteiger charge is 2.49. The van der Waals surface area contributed by atoms with E-state index in [1.54, 1.807) is 0 Å². The number of β-lactam (4-membered cyclic amide) rings is 1. The zero-order valence-corrected chi connectivity index (χ0v) is 13.6. The second kappa shape index (κ2) is 5.97. The van der Waals surface area contributed by atoms with Gasteiger partial charge < -0.3 is 4.90 Å². The van der Waals surface area contributed by atoms with Crippen molar-refractivity contribution in [1.29, 1.82) is 0 Å². The minimum absolute atomic E-state index is 0.0437. The van der Waals surface area contributed by atoms with Crippen LogP contribution in [0.15, 0.2) is 84.9 Å². The molecule has 1 fully saturated rings. The Morgan fingerprint density at radius 1 is 0.750 bits per heavy atom. The molecule has 2 heteroatoms. The van der Waals surface area contributed by atoms with Crippen LogP contribution in [0.1, 0.15) is 28.7 Å². The summed E-state index contributed by atoms with van der Waals surface area (Å²) in [4.78, 5) is 14.9. The van der Waals surface area contributed by atoms with Gasteiger partial charge in [-0.05, 0) is 30.2 Å². The van der Waals surface area contributed by atoms with Crippen molar-refractivity contribution >= 4 is 11.6 Å². The van der Waals surface area contributed by atoms with E-state index >= 15 is 0 Å². The Morgan fingerprint density at radius 3 is 2.04 bits per heavy atom. The summed E-state index contributed by atoms with van der Waals surface area (Å²) in [7, 11) is 0. The molecule has 0 aliphatic carbocycles. The van der Waals surface area contributed by atoms with Gasteiger partial charge in [0.15, 0.2) is 0 Å². The first-order chi connectivity index (χ1) is 11.8. The number of nitrogens with zero attached hydrogens (tertiary/aromatic N) is 1. The first-order valence-corrected chi connectivity index (χ1v) is 8.25. The van der Waals surface area contributed by atoms with Gasteiger partial charge in [0.2, 0.25) is 5.91 Å². The van der Waals surface area contributed by atoms with Crippen molar-refractivity contribution in [3.8, 4) is 0 Å². The van der Waals surface area contributed by atoms with Gasteiger partial charge in [0.25, 0.3) is 0 Å². The lowest BCUT2D eigenvalue weighted by molar-refractivity contribution is -0.126. The molecular weight excluding hydrogens is 294 g/mol. The molecule has 1 aliphatic rings. The molecule has 1 saturated heterocycles. The molecule has 2 nitrogen and oxygen atoms in total. The fraction of sp³-hybridized carbons (Fsp3) is 0.136. The number of aryl methyl sites for hydroxylation is 1. The van der Waals surface area contributed by atoms with Gasteiger partial charge in [-0.1, -0.05) is 78.4 Å². The van der Waals surface area contributed by atoms with E-state index in [2.05, 4.69) is 31.2 Å². The minimum atomic E-state index is -0.117. The fourth-order valence-electron chi connectivity index (χ4n) is 3.55. The molecule has 1 aliphatic heterocycles. The molecule has 118 valence electrons. The normalized spacial score (nSPS) is 19.9. The van der Waals surface area contributed by atoms with E-state index in [0.717, 1.165) is 11.3 Å². The quantitative estimate of drug-likeness (QED) is 0.632. The highest BCUT2D eigenvalue weighted by Crippen LogP contribution is 2.48. The molecule has 2 atom stereocenters. The molecule has 0 saturated carbocycles. The molecule has 3 aromatic carbocycles. The van der Waals surface area contributed by atoms with Crippen LogP contribution in [-0.2, 0) is 4.79 Å². The second-order valence-corrected chi connectivity index (χ2v) is 6.29. The van der Waals surface area contributed by atoms with E-state index in [1.165, 1.54) is 11.1 Å². The molecule has 0 N–H and O–H groups in total. The standard InChI is InChI=1S/C22H19NO/c1-16-9-8-12-18(15-16)21-20(17-10-4-2-5-11-17)22(24)23(21)19-13-6-3-7-14-19/h2-15,20-21H,1H3/t20-,21-/m0/s1. The zero-order valence-electron chi connectivity index (χ0n) is 13.6. The molecule has 0 radical (unpaired) electrons. The van der Waals surface area contributed by atoms with Gasteiger partial charge in [-0.15, -0.1) is 0 Å². The maximum absolute atomic E-state index is 13.0. The monoisotopic (exact) mass is 313 g/mol. The first-order valence-electron chi connectivity index (χ1n) is 8.25. The Labute approximate surface area is 142 Å². The first kappa shape index (κ1) is 14.7. The van der Waals surface area contributed by atoms with Crippen LogP contribution in [0.5, 0.6) is 0 Å². The van der Waals surface area contributed by atoms with E-state index in [4.69, 9.17) is 0 Å². The van der Waals surface area contributed by atoms with Gasteiger partial charge in [0, 0.05) is 5.69 Å². The molecule has 1 heterocycles. The van der Waals surface area contributed by atoms with Crippen molar-refractivity contribution in [3.63, 3.8) is 0 Å². The highest BCUT2D eigenvalue weighted by atomic mass is 16.2. The number of amides is 1. The molecule has 0 unspecified atom stereocenters. The summed E-state index contributed by atoms with van der Waals surface area (Å²) < 4.78 is 0. The van der Waals surface area contributed by atoms with Crippen molar-refractivity contribution in [3.05, 3.63) is 102 Å². The number of carbonyl (C=O) groups excluding carboxylic acids is 1. The lowest BCUT2D eigenvalue weighted by atomic mass is 9.77. The molecule has 0 spiro atoms. The van der Waals surface area contributed by atoms with Gasteiger partial charge in [-0.3, -0.25) is 4.79 Å². The number of benzene rings is 3. The van der Waals surface area contributed by atoms with Crippen molar-refractivity contribution in [2.75, 3.05) is 4.90 Å². The molecule has 3 aromatic rings. The van der Waals surface area contributed by atoms with Gasteiger partial charge in [0.05, 0.1) is 12.0 Å². The van der Waals surface area contributed by atoms with Gasteiger partial charge >= 0.3 is 0 Å². The third-order valence-electron chi connectivity index (χ3n) is 4.67. The number of hydrogen-bond donors (Lipinski definition) is 0. The SMILES string of the molecule is Cc1cccc([C@H]2[C@H](c3ccccc3)C(=O)N2c2ccccc2)c1. The van der Waals surface area contributed by atoms with Crippen LogP contribution in [0.2, 0.25) is 0 Å². The summed E-state index contributed by atoms with van der Waals surface area (Å²) in [5.74, 6) is 0.0483. The van der Waals surface area contributed by atoms with Crippen LogP contribution < -0.4 is 4.90 Å². The summed E-state index contributed by atoms with van der Waals surface area (Å²) in [5, 5.41) is 0. The van der Waals surface area contributed by atoms with Gasteiger partial charge in [0.1, 0.15) is 0 Å². The molecule has 24 heavy (non-hydrogen) atoms. The van der Waals surface area contributed by atoms with Crippen molar-refractivity contribution in [2.45, 2.75) is 18.9 Å². The Morgan fingerprint density at radius 2 is 1.38 bits per heavy atom. The van der Waals surface area contributed by atoms with E-state index in [-0.39, 0.29) is 17.9 Å². The smallest absolute Gasteiger partial charge is 0.237 e. The number of rotatable bonds is 3. The number of hydrogen-bond acceptors (Lipinski definition) is 1. The van der Waals surface area contributed by atoms with Crippen LogP contribution >= 0.6 is 0 Å². The molecule has 1 amide bonds. The Bertz CT molecular complexity index is 808. The molecular formula is C22H19NO. The molecule has 4 rings (SSSR count). The maximum Gasteiger partial charge on any atom is 0.237 e. The van der Waals surface area contributed by atoms with Crippen LogP contribution in [0.4, 0.5) is 5.69 Å². The lowest BCUT2D eigenvalue weighted by Crippen LogP contribution is -2.53. The Hall–Kier alpha value is -2.87. The third-order valence-corrected chi connectivity index (χ3v) is 4.67. The second-order valence-electron chi connectivity index (χ2n) is 6.29. The van der Waals surface area contributed by atoms with Gasteiger partial charge in [-0.25, -0.2) is 0 Å². The van der Waals surface area contributed by atoms with Crippen LogP contribution in [0.25, 0.3) is 0 Å². The van der Waals surface area contributed by atoms with E-state index in [9.17, 15) is 4.79 Å². The lowest BCUT2D eigenvalue weighted by Gasteiger charge is -2.47. The Balaban J connectivity index is 1.80. The van der Waals surface area contributed by atoms with E-state index in [1.807, 2.05) is 65.6 Å². The molecule has 0 bridgehead atoms. The predicted molar refractivity (Wildman–Crippen MR) is 97.0 cm³/mol. The number of anilines is 1. The van der Waals surface area contributed by atoms with E-state index < -0.39 is 0 Å². The van der Waals surface area contributed by atoms with Crippen LogP contribution in [0.3, 0.4) is 0 Å². The summed E-state index contributed by atoms with van der Waals surface area (Å²) in [5.41, 5.74) is 4.45.